The second kappa shape index (κ2) is 4.99. The zero-order valence-electron chi connectivity index (χ0n) is 10.9. The van der Waals surface area contributed by atoms with Gasteiger partial charge in [-0.2, -0.15) is 0 Å². The van der Waals surface area contributed by atoms with Crippen LogP contribution in [0.4, 0.5) is 0 Å². The maximum atomic E-state index is 11.3. The Morgan fingerprint density at radius 3 is 2.25 bits per heavy atom. The molecule has 0 bridgehead atoms. The van der Waals surface area contributed by atoms with E-state index >= 15 is 0 Å². The van der Waals surface area contributed by atoms with Crippen molar-refractivity contribution in [2.24, 2.45) is 11.3 Å². The van der Waals surface area contributed by atoms with E-state index < -0.39 is 10.7 Å². The lowest BCUT2D eigenvalue weighted by molar-refractivity contribution is -0.141. The van der Waals surface area contributed by atoms with E-state index in [0.717, 1.165) is 25.7 Å². The Morgan fingerprint density at radius 2 is 1.94 bits per heavy atom. The fraction of sp³-hybridized carbons (Fsp3) is 0.923. The van der Waals surface area contributed by atoms with Crippen LogP contribution in [-0.4, -0.2) is 22.1 Å². The maximum absolute atomic E-state index is 11.3. The minimum Gasteiger partial charge on any atom is -0.480 e. The summed E-state index contributed by atoms with van der Waals surface area (Å²) in [6.07, 6.45) is 6.90. The van der Waals surface area contributed by atoms with Crippen molar-refractivity contribution in [1.82, 2.24) is 0 Å². The maximum Gasteiger partial charge on any atom is 0.319 e. The van der Waals surface area contributed by atoms with E-state index in [2.05, 4.69) is 20.8 Å². The first-order chi connectivity index (χ1) is 7.38. The monoisotopic (exact) mass is 244 g/mol. The molecule has 0 atom stereocenters. The molecule has 16 heavy (non-hydrogen) atoms. The molecule has 0 unspecified atom stereocenters. The zero-order chi connectivity index (χ0) is 12.4. The van der Waals surface area contributed by atoms with Crippen molar-refractivity contribution in [2.75, 3.05) is 6.26 Å². The van der Waals surface area contributed by atoms with Crippen LogP contribution in [0.1, 0.15) is 52.9 Å². The molecule has 94 valence electrons. The first-order valence-corrected chi connectivity index (χ1v) is 7.39. The first-order valence-electron chi connectivity index (χ1n) is 6.16. The van der Waals surface area contributed by atoms with Crippen molar-refractivity contribution in [1.29, 1.82) is 0 Å². The molecular formula is C13H24O2S. The van der Waals surface area contributed by atoms with Gasteiger partial charge in [0.2, 0.25) is 0 Å². The third kappa shape index (κ3) is 2.55. The highest BCUT2D eigenvalue weighted by Crippen LogP contribution is 2.47. The molecule has 1 aliphatic carbocycles. The molecule has 0 spiro atoms. The highest BCUT2D eigenvalue weighted by molar-refractivity contribution is 8.00. The van der Waals surface area contributed by atoms with Crippen molar-refractivity contribution in [3.05, 3.63) is 0 Å². The molecule has 1 aliphatic rings. The van der Waals surface area contributed by atoms with Crippen molar-refractivity contribution in [3.8, 4) is 0 Å². The first kappa shape index (κ1) is 13.9. The highest BCUT2D eigenvalue weighted by atomic mass is 32.2. The average Bonchev–Trinajstić information content (AvgIpc) is 2.28. The standard InChI is InChI=1S/C13H24O2S/c1-5-12(2,3)10-6-8-13(16-4,9-7-10)11(14)15/h10H,5-9H2,1-4H3,(H,14,15). The van der Waals surface area contributed by atoms with Gasteiger partial charge >= 0.3 is 5.97 Å². The molecule has 0 aromatic heterocycles. The molecule has 0 aromatic rings. The summed E-state index contributed by atoms with van der Waals surface area (Å²) < 4.78 is -0.500. The molecule has 1 saturated carbocycles. The minimum atomic E-state index is -0.618. The summed E-state index contributed by atoms with van der Waals surface area (Å²) >= 11 is 1.52. The van der Waals surface area contributed by atoms with Gasteiger partial charge in [0.05, 0.1) is 0 Å². The van der Waals surface area contributed by atoms with Crippen LogP contribution < -0.4 is 0 Å². The predicted octanol–water partition coefficient (Wildman–Crippen LogP) is 3.80. The smallest absolute Gasteiger partial charge is 0.319 e. The van der Waals surface area contributed by atoms with Crippen LogP contribution in [0.5, 0.6) is 0 Å². The average molecular weight is 244 g/mol. The molecule has 0 heterocycles. The molecule has 0 aliphatic heterocycles. The zero-order valence-corrected chi connectivity index (χ0v) is 11.7. The van der Waals surface area contributed by atoms with Gasteiger partial charge < -0.3 is 5.11 Å². The molecule has 1 N–H and O–H groups in total. The second-order valence-electron chi connectivity index (χ2n) is 5.62. The third-order valence-electron chi connectivity index (χ3n) is 4.59. The normalized spacial score (nSPS) is 31.4. The predicted molar refractivity (Wildman–Crippen MR) is 69.9 cm³/mol. The van der Waals surface area contributed by atoms with Gasteiger partial charge in [0.15, 0.2) is 0 Å². The van der Waals surface area contributed by atoms with E-state index in [0.29, 0.717) is 11.3 Å². The lowest BCUT2D eigenvalue weighted by Crippen LogP contribution is -2.41. The van der Waals surface area contributed by atoms with Crippen molar-refractivity contribution in [3.63, 3.8) is 0 Å². The summed E-state index contributed by atoms with van der Waals surface area (Å²) in [5.74, 6) is 0.0740. The summed E-state index contributed by atoms with van der Waals surface area (Å²) in [7, 11) is 0. The molecular weight excluding hydrogens is 220 g/mol. The van der Waals surface area contributed by atoms with Gasteiger partial charge in [-0.05, 0) is 43.3 Å². The van der Waals surface area contributed by atoms with Crippen LogP contribution >= 0.6 is 11.8 Å². The highest BCUT2D eigenvalue weighted by Gasteiger charge is 2.44. The fourth-order valence-corrected chi connectivity index (χ4v) is 3.48. The van der Waals surface area contributed by atoms with Crippen LogP contribution in [-0.2, 0) is 4.79 Å². The van der Waals surface area contributed by atoms with E-state index in [1.807, 2.05) is 6.26 Å². The molecule has 1 fully saturated rings. The molecule has 1 rings (SSSR count). The van der Waals surface area contributed by atoms with Gasteiger partial charge in [-0.15, -0.1) is 11.8 Å². The summed E-state index contributed by atoms with van der Waals surface area (Å²) in [5, 5.41) is 9.31. The summed E-state index contributed by atoms with van der Waals surface area (Å²) in [5.41, 5.74) is 0.364. The van der Waals surface area contributed by atoms with E-state index in [4.69, 9.17) is 0 Å². The lowest BCUT2D eigenvalue weighted by atomic mass is 9.67. The van der Waals surface area contributed by atoms with Crippen molar-refractivity contribution in [2.45, 2.75) is 57.6 Å². The summed E-state index contributed by atoms with van der Waals surface area (Å²) in [6.45, 7) is 6.85. The van der Waals surface area contributed by atoms with Gasteiger partial charge in [0, 0.05) is 0 Å². The van der Waals surface area contributed by atoms with E-state index in [9.17, 15) is 9.90 Å². The van der Waals surface area contributed by atoms with Gasteiger partial charge in [0.25, 0.3) is 0 Å². The Bertz CT molecular complexity index is 253. The molecule has 0 amide bonds. The van der Waals surface area contributed by atoms with Gasteiger partial charge in [-0.1, -0.05) is 27.2 Å². The number of carboxylic acids is 1. The van der Waals surface area contributed by atoms with Crippen LogP contribution in [0.15, 0.2) is 0 Å². The molecule has 0 aromatic carbocycles. The van der Waals surface area contributed by atoms with Gasteiger partial charge in [0.1, 0.15) is 4.75 Å². The van der Waals surface area contributed by atoms with E-state index in [-0.39, 0.29) is 0 Å². The van der Waals surface area contributed by atoms with Crippen LogP contribution in [0.3, 0.4) is 0 Å². The SMILES string of the molecule is CCC(C)(C)C1CCC(SC)(C(=O)O)CC1. The Kier molecular flexibility index (Phi) is 4.33. The lowest BCUT2D eigenvalue weighted by Gasteiger charge is -2.42. The number of aliphatic carboxylic acids is 1. The Balaban J connectivity index is 2.66. The minimum absolute atomic E-state index is 0.364. The summed E-state index contributed by atoms with van der Waals surface area (Å²) in [6, 6.07) is 0. The largest absolute Gasteiger partial charge is 0.480 e. The quantitative estimate of drug-likeness (QED) is 0.817. The van der Waals surface area contributed by atoms with Crippen LogP contribution in [0.2, 0.25) is 0 Å². The van der Waals surface area contributed by atoms with Gasteiger partial charge in [-0.25, -0.2) is 0 Å². The number of hydrogen-bond donors (Lipinski definition) is 1. The topological polar surface area (TPSA) is 37.3 Å². The molecule has 0 saturated heterocycles. The van der Waals surface area contributed by atoms with Gasteiger partial charge in [-0.3, -0.25) is 4.79 Å². The number of thioether (sulfide) groups is 1. The Labute approximate surface area is 103 Å². The van der Waals surface area contributed by atoms with Crippen molar-refractivity contribution < 1.29 is 9.90 Å². The number of rotatable bonds is 4. The molecule has 2 nitrogen and oxygen atoms in total. The Morgan fingerprint density at radius 1 is 1.44 bits per heavy atom. The second-order valence-corrected chi connectivity index (χ2v) is 6.81. The fourth-order valence-electron chi connectivity index (χ4n) is 2.66. The molecule has 3 heteroatoms. The third-order valence-corrected chi connectivity index (χ3v) is 5.95. The number of carboxylic acid groups (broad SMARTS) is 1. The van der Waals surface area contributed by atoms with Crippen molar-refractivity contribution >= 4 is 17.7 Å². The Hall–Kier alpha value is -0.180. The van der Waals surface area contributed by atoms with Crippen LogP contribution in [0.25, 0.3) is 0 Å². The number of carbonyl (C=O) groups is 1. The molecule has 0 radical (unpaired) electrons. The number of hydrogen-bond acceptors (Lipinski definition) is 2. The van der Waals surface area contributed by atoms with Crippen LogP contribution in [0, 0.1) is 11.3 Å². The van der Waals surface area contributed by atoms with E-state index in [1.54, 1.807) is 0 Å². The van der Waals surface area contributed by atoms with E-state index in [1.165, 1.54) is 18.2 Å². The summed E-state index contributed by atoms with van der Waals surface area (Å²) in [4.78, 5) is 11.3.